The van der Waals surface area contributed by atoms with E-state index in [0.29, 0.717) is 17.5 Å². The van der Waals surface area contributed by atoms with Crippen LogP contribution in [0.5, 0.6) is 5.88 Å². The van der Waals surface area contributed by atoms with Gasteiger partial charge in [0.15, 0.2) is 0 Å². The predicted molar refractivity (Wildman–Crippen MR) is 88.0 cm³/mol. The molecule has 23 heavy (non-hydrogen) atoms. The van der Waals surface area contributed by atoms with Crippen LogP contribution in [-0.4, -0.2) is 40.8 Å². The third-order valence-corrected chi connectivity index (χ3v) is 4.62. The number of benzene rings is 1. The minimum atomic E-state index is 0.257. The van der Waals surface area contributed by atoms with E-state index in [1.165, 1.54) is 25.9 Å². The van der Waals surface area contributed by atoms with Gasteiger partial charge in [0.05, 0.1) is 0 Å². The van der Waals surface area contributed by atoms with E-state index in [1.54, 1.807) is 0 Å². The highest BCUT2D eigenvalue weighted by Gasteiger charge is 2.35. The number of piperidine rings is 3. The quantitative estimate of drug-likeness (QED) is 0.798. The highest BCUT2D eigenvalue weighted by Crippen LogP contribution is 2.29. The van der Waals surface area contributed by atoms with Crippen molar-refractivity contribution in [2.75, 3.05) is 19.6 Å². The predicted octanol–water partition coefficient (Wildman–Crippen LogP) is 2.35. The molecule has 3 saturated heterocycles. The van der Waals surface area contributed by atoms with E-state index in [1.807, 2.05) is 42.5 Å². The number of hydrogen-bond acceptors (Lipinski definition) is 4. The summed E-state index contributed by atoms with van der Waals surface area (Å²) in [6, 6.07) is 13.6. The number of nitrogens with zero attached hydrogens (tertiary/aromatic N) is 3. The van der Waals surface area contributed by atoms with Crippen molar-refractivity contribution in [3.63, 3.8) is 0 Å². The Hall–Kier alpha value is -2.38. The third-order valence-electron chi connectivity index (χ3n) is 4.62. The zero-order chi connectivity index (χ0) is 15.5. The number of rotatable bonds is 2. The van der Waals surface area contributed by atoms with Crippen LogP contribution in [0, 0.1) is 17.8 Å². The molecule has 4 nitrogen and oxygen atoms in total. The number of ether oxygens (including phenoxy) is 1. The van der Waals surface area contributed by atoms with Gasteiger partial charge in [-0.2, -0.15) is 0 Å². The molecule has 0 radical (unpaired) electrons. The minimum absolute atomic E-state index is 0.257. The molecule has 5 rings (SSSR count). The van der Waals surface area contributed by atoms with Crippen molar-refractivity contribution in [2.45, 2.75) is 18.9 Å². The van der Waals surface area contributed by atoms with Gasteiger partial charge in [-0.05, 0) is 56.0 Å². The number of aromatic nitrogens is 2. The lowest BCUT2D eigenvalue weighted by Crippen LogP contribution is -2.52. The fourth-order valence-corrected chi connectivity index (χ4v) is 3.31. The lowest BCUT2D eigenvalue weighted by atomic mass is 9.86. The van der Waals surface area contributed by atoms with Crippen LogP contribution in [0.4, 0.5) is 0 Å². The maximum atomic E-state index is 6.04. The van der Waals surface area contributed by atoms with Crippen molar-refractivity contribution in [1.82, 2.24) is 15.1 Å². The zero-order valence-electron chi connectivity index (χ0n) is 13.0. The highest BCUT2D eigenvalue weighted by molar-refractivity contribution is 5.39. The molecule has 1 aromatic carbocycles. The minimum Gasteiger partial charge on any atom is -0.472 e. The van der Waals surface area contributed by atoms with Gasteiger partial charge in [0.25, 0.3) is 0 Å². The molecule has 3 fully saturated rings. The summed E-state index contributed by atoms with van der Waals surface area (Å²) in [4.78, 5) is 2.47. The molecular weight excluding hydrogens is 286 g/mol. The van der Waals surface area contributed by atoms with Gasteiger partial charge in [-0.15, -0.1) is 10.2 Å². The van der Waals surface area contributed by atoms with Gasteiger partial charge >= 0.3 is 0 Å². The molecule has 3 aliphatic heterocycles. The van der Waals surface area contributed by atoms with Crippen LogP contribution in [0.15, 0.2) is 42.5 Å². The van der Waals surface area contributed by atoms with Crippen LogP contribution in [0.1, 0.15) is 24.1 Å². The number of fused-ring (bicyclic) bond motifs is 3. The molecular formula is C19H19N3O. The number of hydrogen-bond donors (Lipinski definition) is 0. The van der Waals surface area contributed by atoms with Crippen LogP contribution >= 0.6 is 0 Å². The summed E-state index contributed by atoms with van der Waals surface area (Å²) in [5, 5.41) is 8.33. The first-order valence-electron chi connectivity index (χ1n) is 8.17. The molecule has 0 N–H and O–H groups in total. The van der Waals surface area contributed by atoms with Gasteiger partial charge in [0.1, 0.15) is 11.8 Å². The molecule has 3 aliphatic rings. The Morgan fingerprint density at radius 2 is 1.78 bits per heavy atom. The molecule has 0 amide bonds. The fraction of sp³-hybridized carbons (Fsp3) is 0.368. The summed E-state index contributed by atoms with van der Waals surface area (Å²) in [6.07, 6.45) is 2.73. The molecule has 4 heteroatoms. The van der Waals surface area contributed by atoms with Crippen LogP contribution < -0.4 is 4.74 Å². The van der Waals surface area contributed by atoms with Gasteiger partial charge in [-0.3, -0.25) is 4.90 Å². The lowest BCUT2D eigenvalue weighted by Gasteiger charge is -2.44. The molecule has 2 aromatic rings. The van der Waals surface area contributed by atoms with Crippen molar-refractivity contribution < 1.29 is 4.74 Å². The van der Waals surface area contributed by atoms with Crippen molar-refractivity contribution in [3.8, 4) is 17.7 Å². The van der Waals surface area contributed by atoms with E-state index in [0.717, 1.165) is 12.1 Å². The van der Waals surface area contributed by atoms with Gasteiger partial charge in [0.2, 0.25) is 5.88 Å². The van der Waals surface area contributed by atoms with Crippen molar-refractivity contribution in [3.05, 3.63) is 53.7 Å². The molecule has 2 bridgehead atoms. The van der Waals surface area contributed by atoms with E-state index >= 15 is 0 Å². The summed E-state index contributed by atoms with van der Waals surface area (Å²) in [7, 11) is 0. The smallest absolute Gasteiger partial charge is 0.233 e. The highest BCUT2D eigenvalue weighted by atomic mass is 16.5. The van der Waals surface area contributed by atoms with Gasteiger partial charge in [-0.1, -0.05) is 24.1 Å². The van der Waals surface area contributed by atoms with Crippen LogP contribution in [0.2, 0.25) is 0 Å². The van der Waals surface area contributed by atoms with Crippen LogP contribution in [-0.2, 0) is 0 Å². The third kappa shape index (κ3) is 3.35. The average molecular weight is 305 g/mol. The largest absolute Gasteiger partial charge is 0.472 e. The molecule has 0 spiro atoms. The summed E-state index contributed by atoms with van der Waals surface area (Å²) < 4.78 is 6.04. The Labute approximate surface area is 136 Å². The molecule has 116 valence electrons. The molecule has 4 heterocycles. The Balaban J connectivity index is 1.41. The second kappa shape index (κ2) is 6.39. The van der Waals surface area contributed by atoms with E-state index < -0.39 is 0 Å². The first kappa shape index (κ1) is 14.2. The molecule has 0 saturated carbocycles. The van der Waals surface area contributed by atoms with Gasteiger partial charge < -0.3 is 4.74 Å². The topological polar surface area (TPSA) is 38.2 Å². The average Bonchev–Trinajstić information content (AvgIpc) is 2.63. The second-order valence-corrected chi connectivity index (χ2v) is 6.17. The Morgan fingerprint density at radius 3 is 2.43 bits per heavy atom. The van der Waals surface area contributed by atoms with Crippen molar-refractivity contribution in [2.24, 2.45) is 5.92 Å². The Bertz CT molecular complexity index is 710. The van der Waals surface area contributed by atoms with E-state index in [2.05, 4.69) is 26.9 Å². The summed E-state index contributed by atoms with van der Waals surface area (Å²) >= 11 is 0. The maximum Gasteiger partial charge on any atom is 0.233 e. The zero-order valence-corrected chi connectivity index (χ0v) is 13.0. The SMILES string of the molecule is C(#Cc1ccc(OC2CN3CCC2CC3)nn1)c1ccccc1. The van der Waals surface area contributed by atoms with Gasteiger partial charge in [0, 0.05) is 18.2 Å². The van der Waals surface area contributed by atoms with Crippen LogP contribution in [0.25, 0.3) is 0 Å². The molecule has 1 aromatic heterocycles. The normalized spacial score (nSPS) is 25.5. The Morgan fingerprint density at radius 1 is 0.957 bits per heavy atom. The second-order valence-electron chi connectivity index (χ2n) is 6.17. The van der Waals surface area contributed by atoms with E-state index in [4.69, 9.17) is 4.74 Å². The summed E-state index contributed by atoms with van der Waals surface area (Å²) in [5.41, 5.74) is 1.64. The maximum absolute atomic E-state index is 6.04. The molecule has 0 aliphatic carbocycles. The van der Waals surface area contributed by atoms with E-state index in [-0.39, 0.29) is 6.10 Å². The van der Waals surface area contributed by atoms with E-state index in [9.17, 15) is 0 Å². The molecule has 1 atom stereocenters. The lowest BCUT2D eigenvalue weighted by molar-refractivity contribution is -0.0104. The van der Waals surface area contributed by atoms with Crippen LogP contribution in [0.3, 0.4) is 0 Å². The summed E-state index contributed by atoms with van der Waals surface area (Å²) in [6.45, 7) is 3.44. The monoisotopic (exact) mass is 305 g/mol. The van der Waals surface area contributed by atoms with Gasteiger partial charge in [-0.25, -0.2) is 0 Å². The molecule has 1 unspecified atom stereocenters. The first-order valence-corrected chi connectivity index (χ1v) is 8.17. The van der Waals surface area contributed by atoms with Crippen molar-refractivity contribution >= 4 is 0 Å². The standard InChI is InChI=1S/C19H19N3O/c1-2-4-15(5-3-1)6-7-17-8-9-19(21-20-17)23-18-14-22-12-10-16(18)11-13-22/h1-5,8-9,16,18H,10-14H2. The Kier molecular flexibility index (Phi) is 3.95. The fourth-order valence-electron chi connectivity index (χ4n) is 3.31. The summed E-state index contributed by atoms with van der Waals surface area (Å²) in [5.74, 6) is 7.39. The first-order chi connectivity index (χ1) is 11.4. The van der Waals surface area contributed by atoms with Crippen molar-refractivity contribution in [1.29, 1.82) is 0 Å².